The van der Waals surface area contributed by atoms with Gasteiger partial charge in [-0.1, -0.05) is 5.46 Å². The van der Waals surface area contributed by atoms with E-state index in [9.17, 15) is 14.5 Å². The summed E-state index contributed by atoms with van der Waals surface area (Å²) in [6.07, 6.45) is 0. The molecule has 0 bridgehead atoms. The number of hydrogen-bond acceptors (Lipinski definition) is 3. The zero-order chi connectivity index (χ0) is 9.30. The lowest BCUT2D eigenvalue weighted by molar-refractivity contribution is -0.386. The third-order valence-corrected chi connectivity index (χ3v) is 1.26. The van der Waals surface area contributed by atoms with Crippen LogP contribution in [0.2, 0.25) is 0 Å². The molecule has 0 aliphatic heterocycles. The maximum absolute atomic E-state index is 12.6. The van der Waals surface area contributed by atoms with Crippen LogP contribution in [0.1, 0.15) is 0 Å². The van der Waals surface area contributed by atoms with Gasteiger partial charge in [0.2, 0.25) is 5.75 Å². The Morgan fingerprint density at radius 2 is 2.17 bits per heavy atom. The smallest absolute Gasteiger partial charge is 0.313 e. The van der Waals surface area contributed by atoms with Crippen LogP contribution in [0, 0.1) is 15.9 Å². The molecule has 0 aromatic heterocycles. The summed E-state index contributed by atoms with van der Waals surface area (Å²) in [5.74, 6) is -2.09. The highest BCUT2D eigenvalue weighted by atomic mass is 19.1. The molecule has 1 N–H and O–H groups in total. The Balaban J connectivity index is 3.37. The highest BCUT2D eigenvalue weighted by Gasteiger charge is 2.17. The second kappa shape index (κ2) is 2.81. The average Bonchev–Trinajstić information content (AvgIpc) is 1.96. The van der Waals surface area contributed by atoms with Gasteiger partial charge in [-0.2, -0.15) is 0 Å². The molecule has 1 rings (SSSR count). The first-order chi connectivity index (χ1) is 5.52. The van der Waals surface area contributed by atoms with Crippen LogP contribution in [0.4, 0.5) is 10.1 Å². The van der Waals surface area contributed by atoms with Crippen LogP contribution in [-0.2, 0) is 0 Å². The van der Waals surface area contributed by atoms with E-state index in [0.717, 1.165) is 12.1 Å². The first-order valence-electron chi connectivity index (χ1n) is 2.94. The summed E-state index contributed by atoms with van der Waals surface area (Å²) in [5, 5.41) is 19.0. The van der Waals surface area contributed by atoms with Crippen molar-refractivity contribution >= 4 is 19.0 Å². The van der Waals surface area contributed by atoms with Gasteiger partial charge in [0.1, 0.15) is 7.85 Å². The fourth-order valence-corrected chi connectivity index (χ4v) is 0.744. The molecule has 1 aromatic rings. The second-order valence-electron chi connectivity index (χ2n) is 2.13. The summed E-state index contributed by atoms with van der Waals surface area (Å²) in [5.41, 5.74) is -0.829. The van der Waals surface area contributed by atoms with E-state index in [1.807, 2.05) is 0 Å². The number of hydrogen-bond donors (Lipinski definition) is 1. The molecule has 12 heavy (non-hydrogen) atoms. The molecule has 0 aliphatic carbocycles. The minimum atomic E-state index is -1.10. The van der Waals surface area contributed by atoms with Crippen LogP contribution in [0.25, 0.3) is 0 Å². The number of benzene rings is 1. The fraction of sp³-hybridized carbons (Fsp3) is 0. The topological polar surface area (TPSA) is 63.4 Å². The lowest BCUT2D eigenvalue weighted by atomic mass is 9.95. The van der Waals surface area contributed by atoms with E-state index in [1.165, 1.54) is 0 Å². The minimum Gasteiger partial charge on any atom is -0.500 e. The molecule has 0 fully saturated rings. The van der Waals surface area contributed by atoms with Gasteiger partial charge in [0.05, 0.1) is 4.92 Å². The average molecular weight is 167 g/mol. The van der Waals surface area contributed by atoms with E-state index in [0.29, 0.717) is 0 Å². The van der Waals surface area contributed by atoms with Crippen molar-refractivity contribution in [1.82, 2.24) is 0 Å². The van der Waals surface area contributed by atoms with Gasteiger partial charge in [-0.05, 0) is 6.07 Å². The van der Waals surface area contributed by atoms with E-state index in [2.05, 4.69) is 0 Å². The summed E-state index contributed by atoms with van der Waals surface area (Å²) in [4.78, 5) is 9.24. The van der Waals surface area contributed by atoms with Crippen molar-refractivity contribution in [2.45, 2.75) is 0 Å². The molecular formula is C6H3BFNO3. The Kier molecular flexibility index (Phi) is 1.99. The van der Waals surface area contributed by atoms with Crippen LogP contribution in [0.5, 0.6) is 5.75 Å². The molecule has 6 heteroatoms. The van der Waals surface area contributed by atoms with Gasteiger partial charge in [0.25, 0.3) is 0 Å². The monoisotopic (exact) mass is 167 g/mol. The molecule has 4 nitrogen and oxygen atoms in total. The van der Waals surface area contributed by atoms with Crippen LogP contribution < -0.4 is 5.46 Å². The maximum atomic E-state index is 12.6. The number of aromatic hydroxyl groups is 1. The normalized spacial score (nSPS) is 9.75. The summed E-state index contributed by atoms with van der Waals surface area (Å²) in [7, 11) is 5.11. The Labute approximate surface area is 68.2 Å². The molecule has 0 saturated heterocycles. The second-order valence-corrected chi connectivity index (χ2v) is 2.13. The van der Waals surface area contributed by atoms with E-state index in [4.69, 9.17) is 13.0 Å². The van der Waals surface area contributed by atoms with Crippen LogP contribution in [0.15, 0.2) is 12.1 Å². The van der Waals surface area contributed by atoms with Gasteiger partial charge in [-0.3, -0.25) is 10.1 Å². The molecule has 2 radical (unpaired) electrons. The van der Waals surface area contributed by atoms with Crippen molar-refractivity contribution < 1.29 is 14.4 Å². The number of nitro benzene ring substituents is 1. The zero-order valence-corrected chi connectivity index (χ0v) is 5.82. The van der Waals surface area contributed by atoms with Gasteiger partial charge >= 0.3 is 5.69 Å². The van der Waals surface area contributed by atoms with E-state index in [-0.39, 0.29) is 5.46 Å². The van der Waals surface area contributed by atoms with Crippen LogP contribution >= 0.6 is 0 Å². The number of rotatable bonds is 1. The van der Waals surface area contributed by atoms with Crippen LogP contribution in [-0.4, -0.2) is 17.9 Å². The maximum Gasteiger partial charge on any atom is 0.313 e. The SMILES string of the molecule is [B]c1cc(F)c(O)c([N+](=O)[O-])c1. The molecule has 0 amide bonds. The first kappa shape index (κ1) is 8.51. The molecular weight excluding hydrogens is 164 g/mol. The van der Waals surface area contributed by atoms with E-state index >= 15 is 0 Å². The Morgan fingerprint density at radius 3 is 2.67 bits per heavy atom. The standard InChI is InChI=1S/C6H3BFNO3/c7-3-1-4(8)6(10)5(2-3)9(11)12/h1-2,10H. The predicted octanol–water partition coefficient (Wildman–Crippen LogP) is 0.233. The summed E-state index contributed by atoms with van der Waals surface area (Å²) in [6.45, 7) is 0. The molecule has 1 aromatic carbocycles. The van der Waals surface area contributed by atoms with Gasteiger partial charge in [-0.25, -0.2) is 4.39 Å². The van der Waals surface area contributed by atoms with Crippen molar-refractivity contribution in [3.8, 4) is 5.75 Å². The summed E-state index contributed by atoms with van der Waals surface area (Å²) >= 11 is 0. The van der Waals surface area contributed by atoms with Crippen molar-refractivity contribution in [3.05, 3.63) is 28.1 Å². The molecule has 0 saturated carbocycles. The van der Waals surface area contributed by atoms with Crippen molar-refractivity contribution in [1.29, 1.82) is 0 Å². The van der Waals surface area contributed by atoms with Crippen molar-refractivity contribution in [2.24, 2.45) is 0 Å². The number of nitro groups is 1. The first-order valence-corrected chi connectivity index (χ1v) is 2.94. The molecule has 0 spiro atoms. The highest BCUT2D eigenvalue weighted by molar-refractivity contribution is 6.32. The van der Waals surface area contributed by atoms with Gasteiger partial charge in [-0.15, -0.1) is 0 Å². The predicted molar refractivity (Wildman–Crippen MR) is 40.1 cm³/mol. The number of phenolic OH excluding ortho intramolecular Hbond substituents is 1. The lowest BCUT2D eigenvalue weighted by Gasteiger charge is -1.98. The molecule has 0 aliphatic rings. The van der Waals surface area contributed by atoms with Gasteiger partial charge < -0.3 is 5.11 Å². The van der Waals surface area contributed by atoms with Crippen molar-refractivity contribution in [3.63, 3.8) is 0 Å². The molecule has 0 atom stereocenters. The highest BCUT2D eigenvalue weighted by Crippen LogP contribution is 2.26. The summed E-state index contributed by atoms with van der Waals surface area (Å²) < 4.78 is 12.6. The third-order valence-electron chi connectivity index (χ3n) is 1.26. The van der Waals surface area contributed by atoms with Crippen molar-refractivity contribution in [2.75, 3.05) is 0 Å². The third kappa shape index (κ3) is 1.36. The Bertz CT molecular complexity index is 342. The van der Waals surface area contributed by atoms with E-state index < -0.39 is 22.2 Å². The fourth-order valence-electron chi connectivity index (χ4n) is 0.744. The largest absolute Gasteiger partial charge is 0.500 e. The number of nitrogens with zero attached hydrogens (tertiary/aromatic N) is 1. The number of phenols is 1. The molecule has 60 valence electrons. The number of halogens is 1. The Hall–Kier alpha value is -1.59. The quantitative estimate of drug-likeness (QED) is 0.370. The Morgan fingerprint density at radius 1 is 1.58 bits per heavy atom. The van der Waals surface area contributed by atoms with E-state index in [1.54, 1.807) is 0 Å². The van der Waals surface area contributed by atoms with Crippen LogP contribution in [0.3, 0.4) is 0 Å². The molecule has 0 heterocycles. The minimum absolute atomic E-state index is 0.1000. The molecule has 0 unspecified atom stereocenters. The lowest BCUT2D eigenvalue weighted by Crippen LogP contribution is -2.05. The summed E-state index contributed by atoms with van der Waals surface area (Å²) in [6, 6.07) is 1.70. The van der Waals surface area contributed by atoms with Gasteiger partial charge in [0.15, 0.2) is 5.82 Å². The van der Waals surface area contributed by atoms with Gasteiger partial charge in [0, 0.05) is 6.07 Å². The zero-order valence-electron chi connectivity index (χ0n) is 5.82.